The van der Waals surface area contributed by atoms with Crippen molar-refractivity contribution < 1.29 is 10.4 Å². The van der Waals surface area contributed by atoms with Crippen LogP contribution in [0.1, 0.15) is 17.3 Å². The van der Waals surface area contributed by atoms with Crippen LogP contribution in [0.2, 0.25) is 0 Å². The SMILES string of the molecule is NC(=O)c1ccc(CN2CCS(=O)CC2)cc1.[HH]. The van der Waals surface area contributed by atoms with Crippen molar-refractivity contribution in [3.63, 3.8) is 0 Å². The van der Waals surface area contributed by atoms with Crippen LogP contribution in [0.15, 0.2) is 24.3 Å². The lowest BCUT2D eigenvalue weighted by atomic mass is 10.1. The van der Waals surface area contributed by atoms with Crippen molar-refractivity contribution in [2.75, 3.05) is 24.6 Å². The van der Waals surface area contributed by atoms with E-state index in [2.05, 4.69) is 4.90 Å². The molecule has 0 aliphatic carbocycles. The van der Waals surface area contributed by atoms with E-state index in [1.54, 1.807) is 12.1 Å². The van der Waals surface area contributed by atoms with E-state index in [9.17, 15) is 9.00 Å². The second-order valence-electron chi connectivity index (χ2n) is 4.19. The standard InChI is InChI=1S/C12H16N2O2S.H2/c13-12(15)11-3-1-10(2-4-11)9-14-5-7-17(16)8-6-14;/h1-4H,5-9H2,(H2,13,15);1H. The van der Waals surface area contributed by atoms with Crippen molar-refractivity contribution in [3.05, 3.63) is 35.4 Å². The van der Waals surface area contributed by atoms with Gasteiger partial charge >= 0.3 is 0 Å². The molecule has 2 rings (SSSR count). The number of amides is 1. The molecule has 0 unspecified atom stereocenters. The highest BCUT2D eigenvalue weighted by Crippen LogP contribution is 2.09. The molecule has 1 aliphatic rings. The van der Waals surface area contributed by atoms with Gasteiger partial charge in [-0.3, -0.25) is 13.9 Å². The molecule has 1 aromatic carbocycles. The van der Waals surface area contributed by atoms with Crippen molar-refractivity contribution >= 4 is 16.7 Å². The first kappa shape index (κ1) is 12.3. The molecule has 2 N–H and O–H groups in total. The monoisotopic (exact) mass is 254 g/mol. The minimum absolute atomic E-state index is 0. The molecule has 0 radical (unpaired) electrons. The van der Waals surface area contributed by atoms with Crippen LogP contribution in [0.4, 0.5) is 0 Å². The number of nitrogens with two attached hydrogens (primary N) is 1. The lowest BCUT2D eigenvalue weighted by Gasteiger charge is -2.26. The summed E-state index contributed by atoms with van der Waals surface area (Å²) in [5.74, 6) is 1.13. The second-order valence-corrected chi connectivity index (χ2v) is 5.88. The number of carbonyl (C=O) groups is 1. The Morgan fingerprint density at radius 1 is 1.29 bits per heavy atom. The average molecular weight is 254 g/mol. The average Bonchev–Trinajstić information content (AvgIpc) is 2.33. The quantitative estimate of drug-likeness (QED) is 0.859. The van der Waals surface area contributed by atoms with Gasteiger partial charge in [-0.1, -0.05) is 12.1 Å². The topological polar surface area (TPSA) is 63.4 Å². The Morgan fingerprint density at radius 3 is 2.41 bits per heavy atom. The Kier molecular flexibility index (Phi) is 3.91. The van der Waals surface area contributed by atoms with E-state index in [0.29, 0.717) is 5.56 Å². The predicted octanol–water partition coefficient (Wildman–Crippen LogP) is 0.596. The highest BCUT2D eigenvalue weighted by atomic mass is 32.2. The van der Waals surface area contributed by atoms with Gasteiger partial charge in [0.05, 0.1) is 0 Å². The summed E-state index contributed by atoms with van der Waals surface area (Å²) in [7, 11) is -0.632. The van der Waals surface area contributed by atoms with Gasteiger partial charge in [-0.05, 0) is 17.7 Å². The van der Waals surface area contributed by atoms with Gasteiger partial charge in [0.25, 0.3) is 0 Å². The molecule has 1 amide bonds. The Bertz CT molecular complexity index is 426. The molecule has 1 fully saturated rings. The van der Waals surface area contributed by atoms with Gasteiger partial charge in [0, 0.05) is 48.9 Å². The number of primary amides is 1. The smallest absolute Gasteiger partial charge is 0.248 e. The number of hydrogen-bond donors (Lipinski definition) is 1. The van der Waals surface area contributed by atoms with Crippen LogP contribution in [0.3, 0.4) is 0 Å². The summed E-state index contributed by atoms with van der Waals surface area (Å²) in [4.78, 5) is 13.2. The lowest BCUT2D eigenvalue weighted by molar-refractivity contribution is 0.100. The van der Waals surface area contributed by atoms with Crippen LogP contribution in [-0.2, 0) is 17.3 Å². The van der Waals surface area contributed by atoms with Crippen LogP contribution in [-0.4, -0.2) is 39.6 Å². The van der Waals surface area contributed by atoms with Crippen molar-refractivity contribution in [1.82, 2.24) is 4.90 Å². The summed E-state index contributed by atoms with van der Waals surface area (Å²) in [6, 6.07) is 7.34. The number of rotatable bonds is 3. The molecule has 1 saturated heterocycles. The highest BCUT2D eigenvalue weighted by Gasteiger charge is 2.14. The van der Waals surface area contributed by atoms with E-state index in [1.807, 2.05) is 12.1 Å². The second kappa shape index (κ2) is 5.42. The maximum absolute atomic E-state index is 11.2. The van der Waals surface area contributed by atoms with E-state index in [1.165, 1.54) is 0 Å². The van der Waals surface area contributed by atoms with Crippen molar-refractivity contribution in [3.8, 4) is 0 Å². The zero-order chi connectivity index (χ0) is 12.3. The molecule has 0 bridgehead atoms. The van der Waals surface area contributed by atoms with Crippen molar-refractivity contribution in [2.24, 2.45) is 5.73 Å². The van der Waals surface area contributed by atoms with Crippen LogP contribution < -0.4 is 5.73 Å². The van der Waals surface area contributed by atoms with Gasteiger partial charge in [-0.2, -0.15) is 0 Å². The molecule has 1 heterocycles. The lowest BCUT2D eigenvalue weighted by Crippen LogP contribution is -2.37. The van der Waals surface area contributed by atoms with Gasteiger partial charge in [0.1, 0.15) is 0 Å². The van der Waals surface area contributed by atoms with Crippen LogP contribution in [0.5, 0.6) is 0 Å². The normalized spacial score (nSPS) is 18.1. The molecule has 0 atom stereocenters. The van der Waals surface area contributed by atoms with Crippen molar-refractivity contribution in [2.45, 2.75) is 6.54 Å². The molecule has 0 spiro atoms. The Labute approximate surface area is 105 Å². The number of hydrogen-bond acceptors (Lipinski definition) is 3. The summed E-state index contributed by atoms with van der Waals surface area (Å²) in [5, 5.41) is 0. The first-order valence-corrected chi connectivity index (χ1v) is 7.10. The molecular weight excluding hydrogens is 236 g/mol. The van der Waals surface area contributed by atoms with E-state index in [0.717, 1.165) is 36.7 Å². The number of carbonyl (C=O) groups excluding carboxylic acids is 1. The van der Waals surface area contributed by atoms with Crippen LogP contribution in [0.25, 0.3) is 0 Å². The summed E-state index contributed by atoms with van der Waals surface area (Å²) >= 11 is 0. The minimum atomic E-state index is -0.632. The van der Waals surface area contributed by atoms with E-state index in [4.69, 9.17) is 5.73 Å². The zero-order valence-electron chi connectivity index (χ0n) is 9.59. The molecule has 4 nitrogen and oxygen atoms in total. The molecular formula is C12H18N2O2S. The van der Waals surface area contributed by atoms with E-state index < -0.39 is 16.7 Å². The minimum Gasteiger partial charge on any atom is -0.366 e. The van der Waals surface area contributed by atoms with E-state index >= 15 is 0 Å². The van der Waals surface area contributed by atoms with Crippen LogP contribution >= 0.6 is 0 Å². The third kappa shape index (κ3) is 3.38. The molecule has 0 aromatic heterocycles. The molecule has 94 valence electrons. The fraction of sp³-hybridized carbons (Fsp3) is 0.417. The maximum Gasteiger partial charge on any atom is 0.248 e. The fourth-order valence-electron chi connectivity index (χ4n) is 1.87. The van der Waals surface area contributed by atoms with Crippen LogP contribution in [0, 0.1) is 0 Å². The zero-order valence-corrected chi connectivity index (χ0v) is 10.4. The van der Waals surface area contributed by atoms with E-state index in [-0.39, 0.29) is 1.43 Å². The Balaban J connectivity index is 0.00000162. The number of nitrogens with zero attached hydrogens (tertiary/aromatic N) is 1. The summed E-state index contributed by atoms with van der Waals surface area (Å²) in [6.45, 7) is 2.60. The fourth-order valence-corrected chi connectivity index (χ4v) is 2.99. The van der Waals surface area contributed by atoms with Gasteiger partial charge in [-0.25, -0.2) is 0 Å². The largest absolute Gasteiger partial charge is 0.366 e. The predicted molar refractivity (Wildman–Crippen MR) is 70.2 cm³/mol. The van der Waals surface area contributed by atoms with Crippen molar-refractivity contribution in [1.29, 1.82) is 0 Å². The highest BCUT2D eigenvalue weighted by molar-refractivity contribution is 7.85. The third-order valence-electron chi connectivity index (χ3n) is 2.92. The maximum atomic E-state index is 11.2. The first-order chi connectivity index (χ1) is 8.15. The Morgan fingerprint density at radius 2 is 1.88 bits per heavy atom. The molecule has 17 heavy (non-hydrogen) atoms. The molecule has 5 heteroatoms. The molecule has 1 aliphatic heterocycles. The van der Waals surface area contributed by atoms with Gasteiger partial charge < -0.3 is 5.73 Å². The summed E-state index contributed by atoms with van der Waals surface area (Å²) in [5.41, 5.74) is 6.87. The van der Waals surface area contributed by atoms with Gasteiger partial charge in [0.2, 0.25) is 5.91 Å². The number of benzene rings is 1. The molecule has 0 saturated carbocycles. The summed E-state index contributed by atoms with van der Waals surface area (Å²) < 4.78 is 11.2. The van der Waals surface area contributed by atoms with Gasteiger partial charge in [-0.15, -0.1) is 0 Å². The third-order valence-corrected chi connectivity index (χ3v) is 4.19. The Hall–Kier alpha value is -1.20. The summed E-state index contributed by atoms with van der Waals surface area (Å²) in [6.07, 6.45) is 0. The molecule has 1 aromatic rings. The first-order valence-electron chi connectivity index (χ1n) is 5.61. The van der Waals surface area contributed by atoms with Gasteiger partial charge in [0.15, 0.2) is 0 Å².